The van der Waals surface area contributed by atoms with Gasteiger partial charge in [0.1, 0.15) is 0 Å². The Morgan fingerprint density at radius 3 is 2.52 bits per heavy atom. The van der Waals surface area contributed by atoms with E-state index in [9.17, 15) is 4.79 Å². The molecule has 2 rings (SSSR count). The van der Waals surface area contributed by atoms with Gasteiger partial charge < -0.3 is 4.90 Å². The van der Waals surface area contributed by atoms with Crippen molar-refractivity contribution < 1.29 is 4.79 Å². The van der Waals surface area contributed by atoms with Crippen molar-refractivity contribution in [1.82, 2.24) is 9.80 Å². The zero-order valence-corrected chi connectivity index (χ0v) is 12.8. The van der Waals surface area contributed by atoms with E-state index in [4.69, 9.17) is 5.26 Å². The molecule has 1 saturated heterocycles. The zero-order chi connectivity index (χ0) is 15.2. The molecule has 0 bridgehead atoms. The van der Waals surface area contributed by atoms with Crippen LogP contribution < -0.4 is 0 Å². The molecule has 4 nitrogen and oxygen atoms in total. The minimum Gasteiger partial charge on any atom is -0.339 e. The van der Waals surface area contributed by atoms with E-state index in [1.54, 1.807) is 0 Å². The molecule has 4 heteroatoms. The number of hydrogen-bond acceptors (Lipinski definition) is 3. The van der Waals surface area contributed by atoms with Crippen molar-refractivity contribution in [3.63, 3.8) is 0 Å². The number of benzene rings is 1. The van der Waals surface area contributed by atoms with Crippen LogP contribution >= 0.6 is 0 Å². The molecular weight excluding hydrogens is 262 g/mol. The molecule has 0 N–H and O–H groups in total. The summed E-state index contributed by atoms with van der Waals surface area (Å²) in [6, 6.07) is 12.7. The summed E-state index contributed by atoms with van der Waals surface area (Å²) in [5, 5.41) is 9.01. The fourth-order valence-corrected chi connectivity index (χ4v) is 3.02. The second kappa shape index (κ2) is 7.24. The number of rotatable bonds is 6. The highest BCUT2D eigenvalue weighted by Gasteiger charge is 2.32. The number of amides is 1. The number of likely N-dealkylation sites (N-methyl/N-ethyl adjacent to an activating group) is 1. The van der Waals surface area contributed by atoms with Crippen LogP contribution in [-0.4, -0.2) is 41.9 Å². The van der Waals surface area contributed by atoms with Crippen molar-refractivity contribution in [3.8, 4) is 6.07 Å². The first kappa shape index (κ1) is 15.5. The molecule has 0 spiro atoms. The van der Waals surface area contributed by atoms with Crippen LogP contribution in [0.1, 0.15) is 31.9 Å². The third kappa shape index (κ3) is 3.62. The van der Waals surface area contributed by atoms with Crippen LogP contribution in [-0.2, 0) is 4.79 Å². The molecule has 1 aromatic carbocycles. The second-order valence-corrected chi connectivity index (χ2v) is 5.48. The second-order valence-electron chi connectivity index (χ2n) is 5.48. The number of likely N-dealkylation sites (tertiary alicyclic amines) is 1. The van der Waals surface area contributed by atoms with Crippen LogP contribution in [0.3, 0.4) is 0 Å². The number of carbonyl (C=O) groups excluding carboxylic acids is 1. The third-order valence-corrected chi connectivity index (χ3v) is 4.23. The molecule has 112 valence electrons. The largest absolute Gasteiger partial charge is 0.339 e. The lowest BCUT2D eigenvalue weighted by molar-refractivity contribution is -0.128. The summed E-state index contributed by atoms with van der Waals surface area (Å²) in [6.07, 6.45) is 0.371. The maximum Gasteiger partial charge on any atom is 0.224 e. The van der Waals surface area contributed by atoms with E-state index in [2.05, 4.69) is 36.9 Å². The molecule has 2 atom stereocenters. The summed E-state index contributed by atoms with van der Waals surface area (Å²) in [6.45, 7) is 7.41. The standard InChI is InChI=1S/C17H23N3O/c1-3-19(4-2)16(15-8-6-5-7-9-15)13-20-12-14(11-18)10-17(20)21/h5-9,14,16H,3-4,10,12-13H2,1-2H3. The van der Waals surface area contributed by atoms with Crippen LogP contribution in [0.15, 0.2) is 30.3 Å². The Labute approximate surface area is 127 Å². The van der Waals surface area contributed by atoms with Gasteiger partial charge in [-0.2, -0.15) is 5.26 Å². The summed E-state index contributed by atoms with van der Waals surface area (Å²) < 4.78 is 0. The normalized spacial score (nSPS) is 19.8. The molecule has 0 aromatic heterocycles. The van der Waals surface area contributed by atoms with Gasteiger partial charge in [-0.15, -0.1) is 0 Å². The maximum absolute atomic E-state index is 12.1. The van der Waals surface area contributed by atoms with E-state index in [1.807, 2.05) is 23.1 Å². The summed E-state index contributed by atoms with van der Waals surface area (Å²) in [5.41, 5.74) is 1.23. The molecule has 0 saturated carbocycles. The van der Waals surface area contributed by atoms with Crippen LogP contribution in [0.25, 0.3) is 0 Å². The summed E-state index contributed by atoms with van der Waals surface area (Å²) in [5.74, 6) is -0.0414. The van der Waals surface area contributed by atoms with Crippen molar-refractivity contribution in [2.75, 3.05) is 26.2 Å². The molecule has 1 aromatic rings. The molecule has 0 aliphatic carbocycles. The first-order chi connectivity index (χ1) is 10.2. The predicted octanol–water partition coefficient (Wildman–Crippen LogP) is 2.44. The van der Waals surface area contributed by atoms with Crippen LogP contribution in [0.4, 0.5) is 0 Å². The van der Waals surface area contributed by atoms with E-state index in [0.29, 0.717) is 19.5 Å². The first-order valence-corrected chi connectivity index (χ1v) is 7.65. The molecule has 1 fully saturated rings. The van der Waals surface area contributed by atoms with Crippen molar-refractivity contribution in [2.24, 2.45) is 5.92 Å². The number of carbonyl (C=O) groups is 1. The topological polar surface area (TPSA) is 47.3 Å². The van der Waals surface area contributed by atoms with Gasteiger partial charge in [-0.1, -0.05) is 44.2 Å². The highest BCUT2D eigenvalue weighted by Crippen LogP contribution is 2.25. The average molecular weight is 285 g/mol. The SMILES string of the molecule is CCN(CC)C(CN1CC(C#N)CC1=O)c1ccccc1. The lowest BCUT2D eigenvalue weighted by Crippen LogP contribution is -2.39. The molecule has 1 aliphatic heterocycles. The number of hydrogen-bond donors (Lipinski definition) is 0. The average Bonchev–Trinajstić information content (AvgIpc) is 2.88. The molecule has 1 heterocycles. The van der Waals surface area contributed by atoms with Gasteiger partial charge in [0.2, 0.25) is 5.91 Å². The molecular formula is C17H23N3O. The maximum atomic E-state index is 12.1. The van der Waals surface area contributed by atoms with Crippen molar-refractivity contribution in [2.45, 2.75) is 26.3 Å². The number of nitrogens with zero attached hydrogens (tertiary/aromatic N) is 3. The van der Waals surface area contributed by atoms with Gasteiger partial charge in [0.05, 0.1) is 18.0 Å². The third-order valence-electron chi connectivity index (χ3n) is 4.23. The Hall–Kier alpha value is -1.86. The van der Waals surface area contributed by atoms with E-state index in [1.165, 1.54) is 5.56 Å². The summed E-state index contributed by atoms with van der Waals surface area (Å²) in [7, 11) is 0. The monoisotopic (exact) mass is 285 g/mol. The van der Waals surface area contributed by atoms with E-state index in [0.717, 1.165) is 13.1 Å². The lowest BCUT2D eigenvalue weighted by Gasteiger charge is -2.33. The fourth-order valence-electron chi connectivity index (χ4n) is 3.02. The van der Waals surface area contributed by atoms with Gasteiger partial charge in [-0.25, -0.2) is 0 Å². The number of nitriles is 1. The Morgan fingerprint density at radius 2 is 2.00 bits per heavy atom. The molecule has 2 unspecified atom stereocenters. The summed E-state index contributed by atoms with van der Waals surface area (Å²) in [4.78, 5) is 16.3. The van der Waals surface area contributed by atoms with Gasteiger partial charge in [-0.3, -0.25) is 9.69 Å². The highest BCUT2D eigenvalue weighted by molar-refractivity contribution is 5.79. The first-order valence-electron chi connectivity index (χ1n) is 7.65. The molecule has 0 radical (unpaired) electrons. The predicted molar refractivity (Wildman–Crippen MR) is 82.4 cm³/mol. The van der Waals surface area contributed by atoms with Crippen molar-refractivity contribution in [3.05, 3.63) is 35.9 Å². The van der Waals surface area contributed by atoms with Crippen molar-refractivity contribution in [1.29, 1.82) is 5.26 Å². The van der Waals surface area contributed by atoms with E-state index < -0.39 is 0 Å². The Bertz CT molecular complexity index is 505. The fraction of sp³-hybridized carbons (Fsp3) is 0.529. The Morgan fingerprint density at radius 1 is 1.33 bits per heavy atom. The van der Waals surface area contributed by atoms with Gasteiger partial charge in [0.15, 0.2) is 0 Å². The molecule has 21 heavy (non-hydrogen) atoms. The van der Waals surface area contributed by atoms with E-state index >= 15 is 0 Å². The van der Waals surface area contributed by atoms with Gasteiger partial charge in [-0.05, 0) is 18.7 Å². The quantitative estimate of drug-likeness (QED) is 0.806. The zero-order valence-electron chi connectivity index (χ0n) is 12.8. The highest BCUT2D eigenvalue weighted by atomic mass is 16.2. The van der Waals surface area contributed by atoms with Gasteiger partial charge in [0.25, 0.3) is 0 Å². The lowest BCUT2D eigenvalue weighted by atomic mass is 10.0. The van der Waals surface area contributed by atoms with E-state index in [-0.39, 0.29) is 17.9 Å². The molecule has 1 amide bonds. The minimum atomic E-state index is -0.148. The van der Waals surface area contributed by atoms with Crippen LogP contribution in [0.5, 0.6) is 0 Å². The summed E-state index contributed by atoms with van der Waals surface area (Å²) >= 11 is 0. The Kier molecular flexibility index (Phi) is 5.35. The minimum absolute atomic E-state index is 0.106. The smallest absolute Gasteiger partial charge is 0.224 e. The van der Waals surface area contributed by atoms with Crippen LogP contribution in [0.2, 0.25) is 0 Å². The van der Waals surface area contributed by atoms with Crippen molar-refractivity contribution >= 4 is 5.91 Å². The van der Waals surface area contributed by atoms with Gasteiger partial charge in [0, 0.05) is 19.5 Å². The van der Waals surface area contributed by atoms with Gasteiger partial charge >= 0.3 is 0 Å². The van der Waals surface area contributed by atoms with Crippen LogP contribution in [0, 0.1) is 17.2 Å². The Balaban J connectivity index is 2.17. The molecule has 1 aliphatic rings.